The molecule has 0 saturated carbocycles. The maximum atomic E-state index is 9.50. The van der Waals surface area contributed by atoms with Crippen LogP contribution in [0.25, 0.3) is 71.3 Å². The van der Waals surface area contributed by atoms with Crippen molar-refractivity contribution in [3.63, 3.8) is 0 Å². The molecule has 3 heteroatoms. The second-order valence-corrected chi connectivity index (χ2v) is 16.3. The fourth-order valence-corrected chi connectivity index (χ4v) is 9.30. The van der Waals surface area contributed by atoms with Crippen LogP contribution in [0.5, 0.6) is 0 Å². The minimum Gasteiger partial charge on any atom is -0.310 e. The molecule has 0 aliphatic carbocycles. The highest BCUT2D eigenvalue weighted by atomic mass is 15.2. The highest BCUT2D eigenvalue weighted by molar-refractivity contribution is 6.10. The first kappa shape index (κ1) is 33.9. The van der Waals surface area contributed by atoms with Crippen molar-refractivity contribution in [3.8, 4) is 27.9 Å². The van der Waals surface area contributed by atoms with Crippen molar-refractivity contribution >= 4 is 77.5 Å². The third-order valence-electron chi connectivity index (χ3n) is 12.4. The van der Waals surface area contributed by atoms with E-state index in [4.69, 9.17) is 0 Å². The standard InChI is InChI=1S/C62H43N3/c1-4-17-46(18-5-1)57-24-12-14-26-60(57)64(56-38-39-59-58-25-13-15-27-61(58)65(62(59)43-56)52-22-8-3-9-23-52)55-37-33-49-40-48(28-29-50(49)42-55)45-30-34-53(35-31-45)63(51-20-6-2-7-21-51)54-36-32-44-16-10-11-19-47(44)41-54/h1-43H/i30D,31D,34D,35D. The summed E-state index contributed by atoms with van der Waals surface area (Å²) in [6, 6.07) is 80.5. The summed E-state index contributed by atoms with van der Waals surface area (Å²) in [6.07, 6.45) is 0. The number of benzene rings is 11. The van der Waals surface area contributed by atoms with E-state index in [1.54, 1.807) is 0 Å². The van der Waals surface area contributed by atoms with Gasteiger partial charge in [0.1, 0.15) is 0 Å². The van der Waals surface area contributed by atoms with Gasteiger partial charge in [-0.1, -0.05) is 170 Å². The topological polar surface area (TPSA) is 11.4 Å². The molecule has 0 unspecified atom stereocenters. The average molecular weight is 834 g/mol. The van der Waals surface area contributed by atoms with Crippen LogP contribution >= 0.6 is 0 Å². The van der Waals surface area contributed by atoms with E-state index in [9.17, 15) is 5.48 Å². The predicted octanol–water partition coefficient (Wildman–Crippen LogP) is 17.4. The van der Waals surface area contributed by atoms with Crippen LogP contribution in [0.1, 0.15) is 5.48 Å². The van der Waals surface area contributed by atoms with E-state index in [-0.39, 0.29) is 35.4 Å². The normalized spacial score (nSPS) is 12.2. The van der Waals surface area contributed by atoms with Gasteiger partial charge in [0.2, 0.25) is 0 Å². The van der Waals surface area contributed by atoms with Crippen LogP contribution in [-0.2, 0) is 0 Å². The van der Waals surface area contributed by atoms with Gasteiger partial charge in [-0.2, -0.15) is 0 Å². The summed E-state index contributed by atoms with van der Waals surface area (Å²) in [5, 5.41) is 6.33. The van der Waals surface area contributed by atoms with E-state index < -0.39 is 0 Å². The third kappa shape index (κ3) is 6.97. The van der Waals surface area contributed by atoms with Gasteiger partial charge in [0.15, 0.2) is 0 Å². The van der Waals surface area contributed by atoms with E-state index in [2.05, 4.69) is 149 Å². The Kier molecular flexibility index (Phi) is 8.47. The van der Waals surface area contributed by atoms with Crippen LogP contribution in [0.15, 0.2) is 261 Å². The van der Waals surface area contributed by atoms with E-state index in [1.807, 2.05) is 102 Å². The predicted molar refractivity (Wildman–Crippen MR) is 276 cm³/mol. The first-order valence-corrected chi connectivity index (χ1v) is 21.9. The molecular formula is C62H43N3. The Morgan fingerprint density at radius 2 is 0.862 bits per heavy atom. The number of anilines is 6. The number of fused-ring (bicyclic) bond motifs is 5. The molecule has 11 aromatic carbocycles. The SMILES string of the molecule is [2H]c1c([2H])c(N(c2ccccc2)c2ccc3ccccc3c2)c([2H])c([2H])c1-c1ccc2cc(N(c3ccc4c5ccccc5n(-c5ccccc5)c4c3)c3ccccc3-c3ccccc3)ccc2c1. The maximum Gasteiger partial charge on any atom is 0.0645 e. The first-order valence-electron chi connectivity index (χ1n) is 23.9. The molecule has 0 aliphatic heterocycles. The van der Waals surface area contributed by atoms with Crippen LogP contribution in [0.3, 0.4) is 0 Å². The molecule has 0 radical (unpaired) electrons. The Labute approximate surface area is 384 Å². The maximum absolute atomic E-state index is 9.50. The zero-order chi connectivity index (χ0) is 46.6. The summed E-state index contributed by atoms with van der Waals surface area (Å²) < 4.78 is 40.3. The molecular weight excluding hydrogens is 787 g/mol. The monoisotopic (exact) mass is 833 g/mol. The summed E-state index contributed by atoms with van der Waals surface area (Å²) in [5.74, 6) is 0. The average Bonchev–Trinajstić information content (AvgIpc) is 3.74. The van der Waals surface area contributed by atoms with Crippen molar-refractivity contribution < 1.29 is 5.48 Å². The molecule has 0 aliphatic rings. The lowest BCUT2D eigenvalue weighted by Crippen LogP contribution is -2.11. The zero-order valence-corrected chi connectivity index (χ0v) is 35.4. The minimum absolute atomic E-state index is 0.101. The van der Waals surface area contributed by atoms with Crippen molar-refractivity contribution in [2.45, 2.75) is 0 Å². The Bertz CT molecular complexity index is 3880. The van der Waals surface area contributed by atoms with Crippen LogP contribution in [0.2, 0.25) is 0 Å². The Morgan fingerprint density at radius 3 is 1.66 bits per heavy atom. The van der Waals surface area contributed by atoms with Gasteiger partial charge in [0.05, 0.1) is 22.2 Å². The van der Waals surface area contributed by atoms with Gasteiger partial charge >= 0.3 is 0 Å². The lowest BCUT2D eigenvalue weighted by atomic mass is 9.99. The molecule has 3 nitrogen and oxygen atoms in total. The Balaban J connectivity index is 0.994. The van der Waals surface area contributed by atoms with Crippen LogP contribution in [0, 0.1) is 0 Å². The summed E-state index contributed by atoms with van der Waals surface area (Å²) in [6.45, 7) is 0. The van der Waals surface area contributed by atoms with Crippen molar-refractivity contribution in [2.24, 2.45) is 0 Å². The smallest absolute Gasteiger partial charge is 0.0645 e. The van der Waals surface area contributed by atoms with Crippen LogP contribution < -0.4 is 9.80 Å². The number of aromatic nitrogens is 1. The number of para-hydroxylation sites is 4. The van der Waals surface area contributed by atoms with Gasteiger partial charge in [-0.3, -0.25) is 0 Å². The molecule has 65 heavy (non-hydrogen) atoms. The van der Waals surface area contributed by atoms with E-state index >= 15 is 0 Å². The zero-order valence-electron chi connectivity index (χ0n) is 39.4. The molecule has 0 spiro atoms. The molecule has 12 aromatic rings. The molecule has 0 bridgehead atoms. The van der Waals surface area contributed by atoms with Gasteiger partial charge in [0, 0.05) is 50.5 Å². The lowest BCUT2D eigenvalue weighted by molar-refractivity contribution is 1.18. The molecule has 0 atom stereocenters. The molecule has 1 aromatic heterocycles. The molecule has 12 rings (SSSR count). The van der Waals surface area contributed by atoms with Gasteiger partial charge in [-0.05, 0) is 129 Å². The van der Waals surface area contributed by atoms with Gasteiger partial charge < -0.3 is 14.4 Å². The molecule has 0 fully saturated rings. The quantitative estimate of drug-likeness (QED) is 0.144. The summed E-state index contributed by atoms with van der Waals surface area (Å²) >= 11 is 0. The number of hydrogen-bond donors (Lipinski definition) is 0. The molecule has 0 N–H and O–H groups in total. The number of hydrogen-bond acceptors (Lipinski definition) is 2. The highest BCUT2D eigenvalue weighted by Crippen LogP contribution is 2.44. The second-order valence-electron chi connectivity index (χ2n) is 16.3. The van der Waals surface area contributed by atoms with Crippen molar-refractivity contribution in [1.29, 1.82) is 0 Å². The largest absolute Gasteiger partial charge is 0.310 e. The third-order valence-corrected chi connectivity index (χ3v) is 12.4. The van der Waals surface area contributed by atoms with Gasteiger partial charge in [-0.15, -0.1) is 0 Å². The number of rotatable bonds is 9. The fourth-order valence-electron chi connectivity index (χ4n) is 9.30. The van der Waals surface area contributed by atoms with Gasteiger partial charge in [-0.25, -0.2) is 0 Å². The summed E-state index contributed by atoms with van der Waals surface area (Å²) in [5.41, 5.74) is 11.1. The van der Waals surface area contributed by atoms with Crippen molar-refractivity contribution in [1.82, 2.24) is 4.57 Å². The van der Waals surface area contributed by atoms with E-state index in [0.717, 1.165) is 77.8 Å². The summed E-state index contributed by atoms with van der Waals surface area (Å²) in [7, 11) is 0. The van der Waals surface area contributed by atoms with E-state index in [1.165, 1.54) is 10.8 Å². The van der Waals surface area contributed by atoms with Crippen molar-refractivity contribution in [3.05, 3.63) is 261 Å². The minimum atomic E-state index is -0.116. The Hall–Kier alpha value is -8.66. The summed E-state index contributed by atoms with van der Waals surface area (Å²) in [4.78, 5) is 4.16. The lowest BCUT2D eigenvalue weighted by Gasteiger charge is -2.28. The first-order chi connectivity index (χ1) is 33.9. The van der Waals surface area contributed by atoms with Crippen LogP contribution in [-0.4, -0.2) is 4.57 Å². The molecule has 1 heterocycles. The van der Waals surface area contributed by atoms with Crippen molar-refractivity contribution in [2.75, 3.05) is 9.80 Å². The number of nitrogens with zero attached hydrogens (tertiary/aromatic N) is 3. The molecule has 0 saturated heterocycles. The van der Waals surface area contributed by atoms with Gasteiger partial charge in [0.25, 0.3) is 0 Å². The highest BCUT2D eigenvalue weighted by Gasteiger charge is 2.21. The van der Waals surface area contributed by atoms with Crippen LogP contribution in [0.4, 0.5) is 34.1 Å². The second kappa shape index (κ2) is 16.2. The van der Waals surface area contributed by atoms with E-state index in [0.29, 0.717) is 5.56 Å². The molecule has 306 valence electrons. The molecule has 0 amide bonds. The fraction of sp³-hybridized carbons (Fsp3) is 0. The Morgan fingerprint density at radius 1 is 0.308 bits per heavy atom.